The molecule has 1 atom stereocenters. The predicted molar refractivity (Wildman–Crippen MR) is 96.4 cm³/mol. The van der Waals surface area contributed by atoms with E-state index in [1.54, 1.807) is 0 Å². The average molecular weight is 323 g/mol. The molecule has 2 rings (SSSR count). The number of rotatable bonds is 4. The number of piperidine rings is 1. The summed E-state index contributed by atoms with van der Waals surface area (Å²) < 4.78 is 0. The van der Waals surface area contributed by atoms with Gasteiger partial charge in [0.05, 0.1) is 12.6 Å². The van der Waals surface area contributed by atoms with Crippen LogP contribution < -0.4 is 11.1 Å². The third-order valence-electron chi connectivity index (χ3n) is 4.07. The Morgan fingerprint density at radius 3 is 2.68 bits per heavy atom. The second-order valence-corrected chi connectivity index (χ2v) is 8.33. The predicted octanol–water partition coefficient (Wildman–Crippen LogP) is 3.22. The van der Waals surface area contributed by atoms with Crippen LogP contribution >= 0.6 is 11.3 Å². The maximum Gasteiger partial charge on any atom is 0.189 e. The quantitative estimate of drug-likeness (QED) is 0.661. The number of nitrogens with two attached hydrogens (primary N) is 1. The molecule has 1 aliphatic rings. The molecule has 4 nitrogen and oxygen atoms in total. The third kappa shape index (κ3) is 5.29. The van der Waals surface area contributed by atoms with Crippen LogP contribution in [-0.2, 0) is 0 Å². The molecule has 0 spiro atoms. The molecule has 1 aromatic rings. The first kappa shape index (κ1) is 17.3. The van der Waals surface area contributed by atoms with Gasteiger partial charge in [-0.25, -0.2) is 0 Å². The summed E-state index contributed by atoms with van der Waals surface area (Å²) in [6.45, 7) is 11.7. The highest BCUT2D eigenvalue weighted by Crippen LogP contribution is 2.29. The molecule has 1 unspecified atom stereocenters. The summed E-state index contributed by atoms with van der Waals surface area (Å²) in [7, 11) is 0. The Balaban J connectivity index is 2.04. The fourth-order valence-corrected chi connectivity index (χ4v) is 3.67. The summed E-state index contributed by atoms with van der Waals surface area (Å²) in [6, 6.07) is 4.70. The highest BCUT2D eigenvalue weighted by atomic mass is 32.1. The standard InChI is InChI=1S/C17H30N4S/c1-13-7-9-21(10-8-13)14(15-6-5-11-22-15)12-19-16(18)20-17(2,3)4/h5-6,11,13-14H,7-10,12H2,1-4H3,(H3,18,19,20). The molecular weight excluding hydrogens is 292 g/mol. The van der Waals surface area contributed by atoms with E-state index < -0.39 is 0 Å². The number of hydrogen-bond acceptors (Lipinski definition) is 3. The molecule has 1 saturated heterocycles. The number of guanidine groups is 1. The molecule has 0 aromatic carbocycles. The zero-order valence-electron chi connectivity index (χ0n) is 14.3. The van der Waals surface area contributed by atoms with Crippen molar-refractivity contribution >= 4 is 17.3 Å². The first-order chi connectivity index (χ1) is 10.3. The number of nitrogens with zero attached hydrogens (tertiary/aromatic N) is 2. The minimum absolute atomic E-state index is 0.0490. The number of nitrogens with one attached hydrogen (secondary N) is 1. The van der Waals surface area contributed by atoms with E-state index in [2.05, 4.69) is 60.4 Å². The number of aliphatic imine (C=N–C) groups is 1. The van der Waals surface area contributed by atoms with E-state index in [0.717, 1.165) is 25.6 Å². The van der Waals surface area contributed by atoms with E-state index in [0.29, 0.717) is 12.0 Å². The molecule has 0 radical (unpaired) electrons. The van der Waals surface area contributed by atoms with Gasteiger partial charge in [0.1, 0.15) is 0 Å². The van der Waals surface area contributed by atoms with Crippen LogP contribution in [0.5, 0.6) is 0 Å². The van der Waals surface area contributed by atoms with Gasteiger partial charge >= 0.3 is 0 Å². The van der Waals surface area contributed by atoms with Gasteiger partial charge in [0.2, 0.25) is 0 Å². The second kappa shape index (κ2) is 7.47. The normalized spacial score (nSPS) is 20.1. The second-order valence-electron chi connectivity index (χ2n) is 7.35. The fraction of sp³-hybridized carbons (Fsp3) is 0.706. The van der Waals surface area contributed by atoms with Gasteiger partial charge in [0.15, 0.2) is 5.96 Å². The molecule has 124 valence electrons. The van der Waals surface area contributed by atoms with Crippen molar-refractivity contribution in [3.63, 3.8) is 0 Å². The molecule has 0 aliphatic carbocycles. The van der Waals surface area contributed by atoms with Crippen LogP contribution in [0.4, 0.5) is 0 Å². The maximum absolute atomic E-state index is 6.04. The van der Waals surface area contributed by atoms with Crippen LogP contribution in [-0.4, -0.2) is 36.0 Å². The van der Waals surface area contributed by atoms with Crippen molar-refractivity contribution < 1.29 is 0 Å². The van der Waals surface area contributed by atoms with Crippen molar-refractivity contribution in [2.75, 3.05) is 19.6 Å². The molecule has 0 amide bonds. The molecule has 1 fully saturated rings. The molecule has 5 heteroatoms. The van der Waals surface area contributed by atoms with E-state index in [1.807, 2.05) is 11.3 Å². The van der Waals surface area contributed by atoms with Crippen molar-refractivity contribution in [2.45, 2.75) is 52.1 Å². The third-order valence-corrected chi connectivity index (χ3v) is 5.04. The lowest BCUT2D eigenvalue weighted by Crippen LogP contribution is -2.45. The Labute approximate surface area is 138 Å². The monoisotopic (exact) mass is 322 g/mol. The summed E-state index contributed by atoms with van der Waals surface area (Å²) in [5.74, 6) is 1.38. The first-order valence-corrected chi connectivity index (χ1v) is 9.08. The zero-order chi connectivity index (χ0) is 16.2. The summed E-state index contributed by atoms with van der Waals surface area (Å²) in [5.41, 5.74) is 5.99. The Bertz CT molecular complexity index is 467. The van der Waals surface area contributed by atoms with E-state index in [4.69, 9.17) is 5.73 Å². The van der Waals surface area contributed by atoms with Crippen molar-refractivity contribution in [3.05, 3.63) is 22.4 Å². The SMILES string of the molecule is CC1CCN(C(CN=C(N)NC(C)(C)C)c2cccs2)CC1. The lowest BCUT2D eigenvalue weighted by molar-refractivity contribution is 0.143. The highest BCUT2D eigenvalue weighted by Gasteiger charge is 2.25. The van der Waals surface area contributed by atoms with Gasteiger partial charge in [-0.2, -0.15) is 0 Å². The van der Waals surface area contributed by atoms with Crippen LogP contribution in [0, 0.1) is 5.92 Å². The van der Waals surface area contributed by atoms with Gasteiger partial charge in [0.25, 0.3) is 0 Å². The van der Waals surface area contributed by atoms with Crippen LogP contribution in [0.1, 0.15) is 51.5 Å². The van der Waals surface area contributed by atoms with Crippen LogP contribution in [0.2, 0.25) is 0 Å². The summed E-state index contributed by atoms with van der Waals surface area (Å²) >= 11 is 1.82. The summed E-state index contributed by atoms with van der Waals surface area (Å²) in [4.78, 5) is 8.57. The Morgan fingerprint density at radius 1 is 1.45 bits per heavy atom. The lowest BCUT2D eigenvalue weighted by atomic mass is 9.97. The van der Waals surface area contributed by atoms with Gasteiger partial charge in [-0.1, -0.05) is 13.0 Å². The number of hydrogen-bond donors (Lipinski definition) is 2. The van der Waals surface area contributed by atoms with Crippen molar-refractivity contribution in [3.8, 4) is 0 Å². The molecule has 0 saturated carbocycles. The minimum atomic E-state index is -0.0490. The Hall–Kier alpha value is -1.07. The number of likely N-dealkylation sites (tertiary alicyclic amines) is 1. The van der Waals surface area contributed by atoms with E-state index >= 15 is 0 Å². The molecule has 22 heavy (non-hydrogen) atoms. The molecule has 0 bridgehead atoms. The summed E-state index contributed by atoms with van der Waals surface area (Å²) in [5, 5.41) is 5.39. The van der Waals surface area contributed by atoms with Gasteiger partial charge < -0.3 is 11.1 Å². The zero-order valence-corrected chi connectivity index (χ0v) is 15.1. The van der Waals surface area contributed by atoms with Gasteiger partial charge in [0, 0.05) is 10.4 Å². The fourth-order valence-electron chi connectivity index (χ4n) is 2.82. The molecule has 1 aromatic heterocycles. The van der Waals surface area contributed by atoms with Gasteiger partial charge in [-0.05, 0) is 64.1 Å². The Morgan fingerprint density at radius 2 is 2.14 bits per heavy atom. The van der Waals surface area contributed by atoms with Crippen molar-refractivity contribution in [1.29, 1.82) is 0 Å². The van der Waals surface area contributed by atoms with Crippen molar-refractivity contribution in [2.24, 2.45) is 16.6 Å². The molecule has 1 aliphatic heterocycles. The van der Waals surface area contributed by atoms with Gasteiger partial charge in [-0.15, -0.1) is 11.3 Å². The largest absolute Gasteiger partial charge is 0.370 e. The molecule has 3 N–H and O–H groups in total. The Kier molecular flexibility index (Phi) is 5.87. The molecular formula is C17H30N4S. The topological polar surface area (TPSA) is 53.6 Å². The van der Waals surface area contributed by atoms with E-state index in [9.17, 15) is 0 Å². The average Bonchev–Trinajstić information content (AvgIpc) is 2.93. The molecule has 2 heterocycles. The maximum atomic E-state index is 6.04. The first-order valence-electron chi connectivity index (χ1n) is 8.21. The van der Waals surface area contributed by atoms with E-state index in [1.165, 1.54) is 17.7 Å². The van der Waals surface area contributed by atoms with Gasteiger partial charge in [-0.3, -0.25) is 9.89 Å². The van der Waals surface area contributed by atoms with Crippen LogP contribution in [0.15, 0.2) is 22.5 Å². The highest BCUT2D eigenvalue weighted by molar-refractivity contribution is 7.10. The summed E-state index contributed by atoms with van der Waals surface area (Å²) in [6.07, 6.45) is 2.56. The van der Waals surface area contributed by atoms with E-state index in [-0.39, 0.29) is 5.54 Å². The number of thiophene rings is 1. The van der Waals surface area contributed by atoms with Crippen molar-refractivity contribution in [1.82, 2.24) is 10.2 Å². The van der Waals surface area contributed by atoms with Crippen LogP contribution in [0.3, 0.4) is 0 Å². The minimum Gasteiger partial charge on any atom is -0.370 e. The van der Waals surface area contributed by atoms with Crippen LogP contribution in [0.25, 0.3) is 0 Å². The smallest absolute Gasteiger partial charge is 0.189 e. The lowest BCUT2D eigenvalue weighted by Gasteiger charge is -2.35.